The Hall–Kier alpha value is -4.00. The third kappa shape index (κ3) is 5.86. The molecule has 34 heavy (non-hydrogen) atoms. The first-order valence-electron chi connectivity index (χ1n) is 10.8. The number of rotatable bonds is 11. The van der Waals surface area contributed by atoms with Crippen LogP contribution in [0, 0.1) is 0 Å². The number of benzene rings is 3. The van der Waals surface area contributed by atoms with Crippen LogP contribution < -0.4 is 18.9 Å². The van der Waals surface area contributed by atoms with Crippen LogP contribution in [0.4, 0.5) is 0 Å². The summed E-state index contributed by atoms with van der Waals surface area (Å²) < 4.78 is 22.3. The predicted molar refractivity (Wildman–Crippen MR) is 127 cm³/mol. The highest BCUT2D eigenvalue weighted by atomic mass is 16.5. The topological polar surface area (TPSA) is 91.3 Å². The first-order chi connectivity index (χ1) is 16.3. The van der Waals surface area contributed by atoms with Gasteiger partial charge in [-0.3, -0.25) is 9.59 Å². The van der Waals surface area contributed by atoms with Crippen LogP contribution in [0.15, 0.2) is 60.7 Å². The fourth-order valence-corrected chi connectivity index (χ4v) is 3.37. The number of hydrogen-bond donors (Lipinski definition) is 1. The zero-order chi connectivity index (χ0) is 24.7. The van der Waals surface area contributed by atoms with Crippen molar-refractivity contribution in [1.29, 1.82) is 0 Å². The number of carbonyl (C=O) groups excluding carboxylic acids is 2. The summed E-state index contributed by atoms with van der Waals surface area (Å²) in [7, 11) is 2.95. The Labute approximate surface area is 198 Å². The zero-order valence-electron chi connectivity index (χ0n) is 19.7. The van der Waals surface area contributed by atoms with Gasteiger partial charge in [0.2, 0.25) is 5.75 Å². The van der Waals surface area contributed by atoms with E-state index in [0.717, 1.165) is 5.56 Å². The van der Waals surface area contributed by atoms with E-state index in [4.69, 9.17) is 18.9 Å². The second-order valence-corrected chi connectivity index (χ2v) is 7.82. The van der Waals surface area contributed by atoms with Crippen molar-refractivity contribution >= 4 is 11.6 Å². The Morgan fingerprint density at radius 2 is 1.56 bits per heavy atom. The van der Waals surface area contributed by atoms with Gasteiger partial charge in [-0.25, -0.2) is 0 Å². The summed E-state index contributed by atoms with van der Waals surface area (Å²) in [5.74, 6) is -0.322. The molecule has 7 nitrogen and oxygen atoms in total. The van der Waals surface area contributed by atoms with Crippen LogP contribution in [0.3, 0.4) is 0 Å². The Bertz CT molecular complexity index is 1140. The highest BCUT2D eigenvalue weighted by molar-refractivity contribution is 6.15. The Kier molecular flexibility index (Phi) is 8.14. The van der Waals surface area contributed by atoms with E-state index >= 15 is 0 Å². The van der Waals surface area contributed by atoms with Crippen molar-refractivity contribution in [2.24, 2.45) is 0 Å². The molecule has 7 heteroatoms. The summed E-state index contributed by atoms with van der Waals surface area (Å²) in [6.45, 7) is 3.79. The average molecular weight is 465 g/mol. The van der Waals surface area contributed by atoms with Gasteiger partial charge in [0.05, 0.1) is 26.7 Å². The van der Waals surface area contributed by atoms with Crippen LogP contribution in [-0.4, -0.2) is 37.0 Å². The maximum absolute atomic E-state index is 13.2. The van der Waals surface area contributed by atoms with Crippen molar-refractivity contribution in [3.63, 3.8) is 0 Å². The summed E-state index contributed by atoms with van der Waals surface area (Å²) in [4.78, 5) is 25.9. The maximum atomic E-state index is 13.2. The van der Waals surface area contributed by atoms with Gasteiger partial charge in [0.25, 0.3) is 0 Å². The van der Waals surface area contributed by atoms with E-state index in [1.807, 2.05) is 30.3 Å². The minimum Gasteiger partial charge on any atom is -0.507 e. The molecule has 0 aromatic heterocycles. The van der Waals surface area contributed by atoms with Crippen LogP contribution in [0.2, 0.25) is 0 Å². The third-order valence-corrected chi connectivity index (χ3v) is 4.99. The molecule has 178 valence electrons. The first-order valence-corrected chi connectivity index (χ1v) is 10.8. The molecule has 0 fully saturated rings. The zero-order valence-corrected chi connectivity index (χ0v) is 19.7. The van der Waals surface area contributed by atoms with Crippen LogP contribution in [-0.2, 0) is 6.61 Å². The second-order valence-electron chi connectivity index (χ2n) is 7.82. The molecule has 0 saturated carbocycles. The molecule has 3 aromatic carbocycles. The molecule has 0 unspecified atom stereocenters. The molecule has 0 amide bonds. The van der Waals surface area contributed by atoms with Crippen LogP contribution in [0.5, 0.6) is 28.7 Å². The molecule has 0 spiro atoms. The van der Waals surface area contributed by atoms with E-state index in [-0.39, 0.29) is 41.3 Å². The lowest BCUT2D eigenvalue weighted by atomic mass is 9.99. The third-order valence-electron chi connectivity index (χ3n) is 4.99. The van der Waals surface area contributed by atoms with Crippen molar-refractivity contribution in [1.82, 2.24) is 0 Å². The SMILES string of the molecule is COc1ccc(C(=O)CC(=O)c2c(O)cc(OCc3ccccc3)c(OC)c2OC(C)C)cc1. The highest BCUT2D eigenvalue weighted by Crippen LogP contribution is 2.46. The van der Waals surface area contributed by atoms with Gasteiger partial charge >= 0.3 is 0 Å². The van der Waals surface area contributed by atoms with Crippen molar-refractivity contribution in [2.75, 3.05) is 14.2 Å². The summed E-state index contributed by atoms with van der Waals surface area (Å²) >= 11 is 0. The van der Waals surface area contributed by atoms with Crippen molar-refractivity contribution in [2.45, 2.75) is 33.0 Å². The first kappa shape index (κ1) is 24.6. The highest BCUT2D eigenvalue weighted by Gasteiger charge is 2.28. The minimum absolute atomic E-state index is 0.0353. The number of aromatic hydroxyl groups is 1. The standard InChI is InChI=1S/C27H28O7/c1-17(2)34-27-25(22(29)14-21(28)19-10-12-20(31-3)13-11-19)23(30)15-24(26(27)32-4)33-16-18-8-6-5-7-9-18/h5-13,15,17,30H,14,16H2,1-4H3. The van der Waals surface area contributed by atoms with E-state index in [2.05, 4.69) is 0 Å². The monoisotopic (exact) mass is 464 g/mol. The molecule has 0 bridgehead atoms. The van der Waals surface area contributed by atoms with E-state index in [0.29, 0.717) is 11.3 Å². The molecule has 3 rings (SSSR count). The summed E-state index contributed by atoms with van der Waals surface area (Å²) in [5.41, 5.74) is 1.15. The van der Waals surface area contributed by atoms with E-state index in [1.54, 1.807) is 38.1 Å². The summed E-state index contributed by atoms with van der Waals surface area (Å²) in [6, 6.07) is 17.3. The number of phenols is 1. The van der Waals surface area contributed by atoms with Gasteiger partial charge in [0.15, 0.2) is 23.1 Å². The Balaban J connectivity index is 1.92. The number of ether oxygens (including phenoxy) is 4. The lowest BCUT2D eigenvalue weighted by molar-refractivity contribution is 0.0889. The largest absolute Gasteiger partial charge is 0.507 e. The van der Waals surface area contributed by atoms with Gasteiger partial charge in [-0.15, -0.1) is 0 Å². The number of Topliss-reactive ketones (excluding diaryl/α,β-unsaturated/α-hetero) is 2. The van der Waals surface area contributed by atoms with E-state index < -0.39 is 18.0 Å². The molecule has 0 heterocycles. The van der Waals surface area contributed by atoms with Gasteiger partial charge in [0, 0.05) is 11.6 Å². The molecule has 3 aromatic rings. The molecule has 0 atom stereocenters. The van der Waals surface area contributed by atoms with Gasteiger partial charge in [-0.2, -0.15) is 0 Å². The molecule has 1 N–H and O–H groups in total. The van der Waals surface area contributed by atoms with E-state index in [9.17, 15) is 14.7 Å². The normalized spacial score (nSPS) is 10.6. The fourth-order valence-electron chi connectivity index (χ4n) is 3.37. The van der Waals surface area contributed by atoms with Crippen molar-refractivity contribution in [3.8, 4) is 28.7 Å². The van der Waals surface area contributed by atoms with Crippen molar-refractivity contribution in [3.05, 3.63) is 77.4 Å². The molecule has 0 aliphatic heterocycles. The summed E-state index contributed by atoms with van der Waals surface area (Å²) in [6.07, 6.45) is -0.789. The number of ketones is 2. The molecule has 0 aliphatic carbocycles. The molecule has 0 saturated heterocycles. The lowest BCUT2D eigenvalue weighted by Gasteiger charge is -2.20. The van der Waals surface area contributed by atoms with Crippen LogP contribution in [0.25, 0.3) is 0 Å². The number of methoxy groups -OCH3 is 2. The van der Waals surface area contributed by atoms with Gasteiger partial charge in [0.1, 0.15) is 23.7 Å². The average Bonchev–Trinajstić information content (AvgIpc) is 2.83. The van der Waals surface area contributed by atoms with Gasteiger partial charge < -0.3 is 24.1 Å². The maximum Gasteiger partial charge on any atom is 0.204 e. The molecule has 0 radical (unpaired) electrons. The summed E-state index contributed by atoms with van der Waals surface area (Å²) in [5, 5.41) is 10.8. The number of carbonyl (C=O) groups is 2. The Morgan fingerprint density at radius 3 is 2.15 bits per heavy atom. The quantitative estimate of drug-likeness (QED) is 0.307. The number of hydrogen-bond acceptors (Lipinski definition) is 7. The lowest BCUT2D eigenvalue weighted by Crippen LogP contribution is -2.15. The second kappa shape index (κ2) is 11.2. The number of phenolic OH excluding ortho intramolecular Hbond substituents is 1. The van der Waals surface area contributed by atoms with E-state index in [1.165, 1.54) is 20.3 Å². The predicted octanol–water partition coefficient (Wildman–Crippen LogP) is 5.23. The van der Waals surface area contributed by atoms with Crippen LogP contribution in [0.1, 0.15) is 46.5 Å². The molecular weight excluding hydrogens is 436 g/mol. The van der Waals surface area contributed by atoms with Gasteiger partial charge in [-0.1, -0.05) is 30.3 Å². The van der Waals surface area contributed by atoms with Gasteiger partial charge in [-0.05, 0) is 43.7 Å². The molecule has 0 aliphatic rings. The smallest absolute Gasteiger partial charge is 0.204 e. The Morgan fingerprint density at radius 1 is 0.882 bits per heavy atom. The molecular formula is C27H28O7. The fraction of sp³-hybridized carbons (Fsp3) is 0.259. The minimum atomic E-state index is -0.595. The van der Waals surface area contributed by atoms with Crippen LogP contribution >= 0.6 is 0 Å². The van der Waals surface area contributed by atoms with Crippen molar-refractivity contribution < 1.29 is 33.6 Å².